The van der Waals surface area contributed by atoms with Gasteiger partial charge in [0.1, 0.15) is 10.6 Å². The fourth-order valence-electron chi connectivity index (χ4n) is 3.41. The van der Waals surface area contributed by atoms with E-state index in [2.05, 4.69) is 20.6 Å². The minimum atomic E-state index is -3.99. The van der Waals surface area contributed by atoms with Crippen molar-refractivity contribution in [2.24, 2.45) is 5.73 Å². The van der Waals surface area contributed by atoms with Crippen molar-refractivity contribution >= 4 is 38.8 Å². The van der Waals surface area contributed by atoms with Gasteiger partial charge in [0.25, 0.3) is 0 Å². The van der Waals surface area contributed by atoms with Crippen LogP contribution < -0.4 is 20.6 Å². The highest BCUT2D eigenvalue weighted by atomic mass is 32.2. The zero-order chi connectivity index (χ0) is 20.4. The van der Waals surface area contributed by atoms with Crippen molar-refractivity contribution in [2.75, 3.05) is 10.6 Å². The molecule has 4 rings (SSSR count). The third-order valence-corrected chi connectivity index (χ3v) is 6.03. The van der Waals surface area contributed by atoms with E-state index >= 15 is 0 Å². The second kappa shape index (κ2) is 7.63. The first kappa shape index (κ1) is 19.1. The summed E-state index contributed by atoms with van der Waals surface area (Å²) in [5.74, 6) is 0.290. The molecular weight excluding hydrogens is 394 g/mol. The minimum Gasteiger partial charge on any atom is -0.382 e. The maximum absolute atomic E-state index is 12.6. The fraction of sp³-hybridized carbons (Fsp3) is 0.263. The maximum atomic E-state index is 12.6. The molecule has 3 aromatic rings. The summed E-state index contributed by atoms with van der Waals surface area (Å²) < 4.78 is 30.5. The Morgan fingerprint density at radius 2 is 1.86 bits per heavy atom. The van der Waals surface area contributed by atoms with Gasteiger partial charge in [-0.25, -0.2) is 9.78 Å². The standard InChI is InChI=1S/C19H21N5O4S/c20-18(25)24-19-22-16-10-7-14(11-17(16)23-19)28-29(26,27)15-8-5-13(6-9-15)21-12-3-1-2-4-12/h5-12,21H,1-4H2,(H4,20,22,23,24,25). The quantitative estimate of drug-likeness (QED) is 0.456. The highest BCUT2D eigenvalue weighted by Crippen LogP contribution is 2.26. The van der Waals surface area contributed by atoms with Crippen LogP contribution in [0.15, 0.2) is 47.4 Å². The lowest BCUT2D eigenvalue weighted by atomic mass is 10.2. The highest BCUT2D eigenvalue weighted by Gasteiger charge is 2.19. The molecule has 10 heteroatoms. The number of imidazole rings is 1. The monoisotopic (exact) mass is 415 g/mol. The van der Waals surface area contributed by atoms with E-state index in [9.17, 15) is 13.2 Å². The van der Waals surface area contributed by atoms with Crippen LogP contribution in [0, 0.1) is 0 Å². The predicted octanol–water partition coefficient (Wildman–Crippen LogP) is 3.18. The first-order chi connectivity index (χ1) is 13.9. The first-order valence-corrected chi connectivity index (χ1v) is 10.7. The fourth-order valence-corrected chi connectivity index (χ4v) is 4.34. The van der Waals surface area contributed by atoms with Crippen molar-refractivity contribution in [3.8, 4) is 5.75 Å². The van der Waals surface area contributed by atoms with Gasteiger partial charge in [0.2, 0.25) is 5.95 Å². The number of fused-ring (bicyclic) bond motifs is 1. The Labute approximate surface area is 167 Å². The number of carbonyl (C=O) groups is 1. The predicted molar refractivity (Wildman–Crippen MR) is 109 cm³/mol. The summed E-state index contributed by atoms with van der Waals surface area (Å²) in [6, 6.07) is 10.8. The number of H-pyrrole nitrogens is 1. The molecule has 1 aliphatic carbocycles. The van der Waals surface area contributed by atoms with Crippen LogP contribution in [-0.2, 0) is 10.1 Å². The van der Waals surface area contributed by atoms with Crippen LogP contribution in [0.4, 0.5) is 16.4 Å². The minimum absolute atomic E-state index is 0.0651. The average Bonchev–Trinajstić information content (AvgIpc) is 3.30. The van der Waals surface area contributed by atoms with E-state index in [1.807, 2.05) is 0 Å². The van der Waals surface area contributed by atoms with Crippen molar-refractivity contribution in [2.45, 2.75) is 36.6 Å². The van der Waals surface area contributed by atoms with E-state index in [0.29, 0.717) is 17.1 Å². The second-order valence-corrected chi connectivity index (χ2v) is 8.49. The van der Waals surface area contributed by atoms with Gasteiger partial charge in [-0.1, -0.05) is 12.8 Å². The lowest BCUT2D eigenvalue weighted by molar-refractivity contribution is 0.259. The summed E-state index contributed by atoms with van der Waals surface area (Å²) >= 11 is 0. The first-order valence-electron chi connectivity index (χ1n) is 9.26. The van der Waals surface area contributed by atoms with Gasteiger partial charge in [0, 0.05) is 17.8 Å². The smallest absolute Gasteiger partial charge is 0.339 e. The van der Waals surface area contributed by atoms with Gasteiger partial charge in [0.15, 0.2) is 0 Å². The van der Waals surface area contributed by atoms with E-state index in [1.165, 1.54) is 37.1 Å². The van der Waals surface area contributed by atoms with Crippen LogP contribution in [0.2, 0.25) is 0 Å². The average molecular weight is 415 g/mol. The zero-order valence-corrected chi connectivity index (χ0v) is 16.3. The number of rotatable bonds is 6. The summed E-state index contributed by atoms with van der Waals surface area (Å²) in [6.07, 6.45) is 4.71. The van der Waals surface area contributed by atoms with Gasteiger partial charge in [-0.05, 0) is 49.2 Å². The summed E-state index contributed by atoms with van der Waals surface area (Å²) in [7, 11) is -3.99. The lowest BCUT2D eigenvalue weighted by Crippen LogP contribution is -2.19. The van der Waals surface area contributed by atoms with Crippen LogP contribution >= 0.6 is 0 Å². The molecule has 5 N–H and O–H groups in total. The summed E-state index contributed by atoms with van der Waals surface area (Å²) in [5.41, 5.74) is 6.98. The topological polar surface area (TPSA) is 139 Å². The van der Waals surface area contributed by atoms with Crippen LogP contribution in [0.25, 0.3) is 11.0 Å². The van der Waals surface area contributed by atoms with Crippen LogP contribution in [-0.4, -0.2) is 30.5 Å². The Kier molecular flexibility index (Phi) is 5.01. The van der Waals surface area contributed by atoms with Gasteiger partial charge in [-0.2, -0.15) is 8.42 Å². The molecule has 1 aliphatic rings. The number of nitrogens with zero attached hydrogens (tertiary/aromatic N) is 1. The third kappa shape index (κ3) is 4.43. The molecule has 1 aromatic heterocycles. The maximum Gasteiger partial charge on any atom is 0.339 e. The molecule has 1 heterocycles. The molecule has 0 bridgehead atoms. The lowest BCUT2D eigenvalue weighted by Gasteiger charge is -2.14. The molecule has 2 aromatic carbocycles. The molecule has 1 fully saturated rings. The molecule has 1 saturated carbocycles. The zero-order valence-electron chi connectivity index (χ0n) is 15.5. The van der Waals surface area contributed by atoms with E-state index in [4.69, 9.17) is 9.92 Å². The molecule has 152 valence electrons. The molecule has 0 radical (unpaired) electrons. The number of benzene rings is 2. The normalized spacial score (nSPS) is 14.8. The number of hydrogen-bond donors (Lipinski definition) is 4. The van der Waals surface area contributed by atoms with Gasteiger partial charge in [-0.15, -0.1) is 0 Å². The molecule has 0 atom stereocenters. The number of aromatic nitrogens is 2. The Balaban J connectivity index is 1.49. The largest absolute Gasteiger partial charge is 0.382 e. The van der Waals surface area contributed by atoms with Crippen LogP contribution in [0.1, 0.15) is 25.7 Å². The van der Waals surface area contributed by atoms with E-state index < -0.39 is 16.1 Å². The number of aromatic amines is 1. The second-order valence-electron chi connectivity index (χ2n) is 6.94. The van der Waals surface area contributed by atoms with E-state index in [1.54, 1.807) is 18.2 Å². The summed E-state index contributed by atoms with van der Waals surface area (Å²) in [4.78, 5) is 17.9. The molecule has 0 saturated heterocycles. The Bertz CT molecular complexity index is 1140. The number of primary amides is 1. The Morgan fingerprint density at radius 1 is 1.14 bits per heavy atom. The van der Waals surface area contributed by atoms with Crippen molar-refractivity contribution in [1.82, 2.24) is 9.97 Å². The van der Waals surface area contributed by atoms with Crippen LogP contribution in [0.3, 0.4) is 0 Å². The van der Waals surface area contributed by atoms with E-state index in [-0.39, 0.29) is 16.6 Å². The molecule has 2 amide bonds. The van der Waals surface area contributed by atoms with E-state index in [0.717, 1.165) is 18.5 Å². The number of nitrogens with two attached hydrogens (primary N) is 1. The number of nitrogens with one attached hydrogen (secondary N) is 3. The number of amides is 2. The molecule has 9 nitrogen and oxygen atoms in total. The number of anilines is 2. The van der Waals surface area contributed by atoms with Gasteiger partial charge >= 0.3 is 16.1 Å². The number of urea groups is 1. The summed E-state index contributed by atoms with van der Waals surface area (Å²) in [5, 5.41) is 5.75. The van der Waals surface area contributed by atoms with Crippen molar-refractivity contribution in [1.29, 1.82) is 0 Å². The number of hydrogen-bond acceptors (Lipinski definition) is 6. The van der Waals surface area contributed by atoms with Crippen molar-refractivity contribution < 1.29 is 17.4 Å². The SMILES string of the molecule is NC(=O)Nc1nc2ccc(OS(=O)(=O)c3ccc(NC4CCCC4)cc3)cc2[nH]1. The molecule has 0 aliphatic heterocycles. The van der Waals surface area contributed by atoms with Gasteiger partial charge in [0.05, 0.1) is 11.0 Å². The Morgan fingerprint density at radius 3 is 2.55 bits per heavy atom. The third-order valence-electron chi connectivity index (χ3n) is 4.77. The summed E-state index contributed by atoms with van der Waals surface area (Å²) in [6.45, 7) is 0. The Hall–Kier alpha value is -3.27. The molecule has 0 unspecified atom stereocenters. The van der Waals surface area contributed by atoms with Gasteiger partial charge in [-0.3, -0.25) is 5.32 Å². The molecular formula is C19H21N5O4S. The van der Waals surface area contributed by atoms with Gasteiger partial charge < -0.3 is 20.2 Å². The highest BCUT2D eigenvalue weighted by molar-refractivity contribution is 7.87. The molecule has 29 heavy (non-hydrogen) atoms. The number of carbonyl (C=O) groups excluding carboxylic acids is 1. The van der Waals surface area contributed by atoms with Crippen molar-refractivity contribution in [3.05, 3.63) is 42.5 Å². The molecule has 0 spiro atoms. The van der Waals surface area contributed by atoms with Crippen molar-refractivity contribution in [3.63, 3.8) is 0 Å². The van der Waals surface area contributed by atoms with Crippen LogP contribution in [0.5, 0.6) is 5.75 Å².